The van der Waals surface area contributed by atoms with Gasteiger partial charge < -0.3 is 15.4 Å². The fourth-order valence-electron chi connectivity index (χ4n) is 1.79. The van der Waals surface area contributed by atoms with Gasteiger partial charge in [0.05, 0.1) is 12.0 Å². The first-order valence-electron chi connectivity index (χ1n) is 5.96. The van der Waals surface area contributed by atoms with Gasteiger partial charge in [-0.05, 0) is 26.2 Å². The molecule has 1 fully saturated rings. The predicted molar refractivity (Wildman–Crippen MR) is 76.6 cm³/mol. The monoisotopic (exact) mass is 353 g/mol. The van der Waals surface area contributed by atoms with Gasteiger partial charge in [-0.2, -0.15) is 0 Å². The van der Waals surface area contributed by atoms with Crippen molar-refractivity contribution in [3.8, 4) is 0 Å². The van der Waals surface area contributed by atoms with Crippen LogP contribution in [0.4, 0.5) is 0 Å². The molecule has 0 saturated heterocycles. The number of rotatable bonds is 4. The number of carbonyl (C=O) groups excluding carboxylic acids is 1. The number of nitrogens with one attached hydrogen (secondary N) is 2. The molecule has 0 aromatic rings. The third kappa shape index (κ3) is 3.72. The lowest BCUT2D eigenvalue weighted by atomic mass is 10.1. The van der Waals surface area contributed by atoms with Gasteiger partial charge in [-0.1, -0.05) is 0 Å². The number of guanidine groups is 1. The summed E-state index contributed by atoms with van der Waals surface area (Å²) in [6.45, 7) is 4.76. The predicted octanol–water partition coefficient (Wildman–Crippen LogP) is 0.887. The molecule has 1 saturated carbocycles. The van der Waals surface area contributed by atoms with Crippen LogP contribution in [0.1, 0.15) is 26.2 Å². The van der Waals surface area contributed by atoms with Gasteiger partial charge in [0, 0.05) is 19.6 Å². The standard InChI is InChI=1S/C11H19N3O2.HI/c1-2-16-9(15)11(4-5-11)8-14-10-12-6-3-7-13-10;/h2-8H2,1H3,(H2,12,13,14);1H. The first kappa shape index (κ1) is 14.5. The van der Waals surface area contributed by atoms with E-state index < -0.39 is 0 Å². The molecule has 17 heavy (non-hydrogen) atoms. The lowest BCUT2D eigenvalue weighted by Crippen LogP contribution is -2.44. The van der Waals surface area contributed by atoms with Gasteiger partial charge >= 0.3 is 5.97 Å². The van der Waals surface area contributed by atoms with Crippen LogP contribution in [0.3, 0.4) is 0 Å². The largest absolute Gasteiger partial charge is 0.466 e. The van der Waals surface area contributed by atoms with Crippen molar-refractivity contribution >= 4 is 35.9 Å². The maximum Gasteiger partial charge on any atom is 0.313 e. The minimum absolute atomic E-state index is 0. The van der Waals surface area contributed by atoms with Crippen LogP contribution in [-0.4, -0.2) is 38.2 Å². The molecule has 2 N–H and O–H groups in total. The van der Waals surface area contributed by atoms with Crippen molar-refractivity contribution in [3.63, 3.8) is 0 Å². The molecule has 0 aromatic carbocycles. The van der Waals surface area contributed by atoms with Gasteiger partial charge in [-0.25, -0.2) is 0 Å². The molecule has 5 nitrogen and oxygen atoms in total. The molecule has 1 aliphatic carbocycles. The number of ether oxygens (including phenoxy) is 1. The molecule has 6 heteroatoms. The minimum atomic E-state index is -0.280. The molecule has 0 aromatic heterocycles. The highest BCUT2D eigenvalue weighted by atomic mass is 127. The Labute approximate surface area is 119 Å². The van der Waals surface area contributed by atoms with Crippen molar-refractivity contribution < 1.29 is 9.53 Å². The van der Waals surface area contributed by atoms with E-state index in [1.54, 1.807) is 0 Å². The van der Waals surface area contributed by atoms with E-state index in [1.807, 2.05) is 6.92 Å². The Bertz CT molecular complexity index is 303. The Hall–Kier alpha value is -0.530. The Kier molecular flexibility index (Phi) is 5.48. The normalized spacial score (nSPS) is 20.4. The van der Waals surface area contributed by atoms with E-state index in [-0.39, 0.29) is 35.4 Å². The third-order valence-electron chi connectivity index (χ3n) is 3.05. The zero-order chi connectivity index (χ0) is 11.4. The van der Waals surface area contributed by atoms with Gasteiger partial charge in [-0.3, -0.25) is 9.79 Å². The van der Waals surface area contributed by atoms with Crippen LogP contribution in [0, 0.1) is 5.41 Å². The maximum absolute atomic E-state index is 11.7. The molecule has 1 heterocycles. The number of hydrogen-bond acceptors (Lipinski definition) is 5. The number of carbonyl (C=O) groups is 1. The van der Waals surface area contributed by atoms with E-state index in [2.05, 4.69) is 15.6 Å². The first-order valence-corrected chi connectivity index (χ1v) is 5.96. The van der Waals surface area contributed by atoms with Crippen LogP contribution in [0.2, 0.25) is 0 Å². The third-order valence-corrected chi connectivity index (χ3v) is 3.05. The van der Waals surface area contributed by atoms with E-state index >= 15 is 0 Å². The molecule has 0 spiro atoms. The van der Waals surface area contributed by atoms with Crippen LogP contribution in [0.15, 0.2) is 4.99 Å². The van der Waals surface area contributed by atoms with Gasteiger partial charge in [0.25, 0.3) is 0 Å². The average Bonchev–Trinajstić information content (AvgIpc) is 3.09. The van der Waals surface area contributed by atoms with Crippen LogP contribution in [0.25, 0.3) is 0 Å². The van der Waals surface area contributed by atoms with E-state index in [0.29, 0.717) is 13.2 Å². The van der Waals surface area contributed by atoms with Gasteiger partial charge in [0.1, 0.15) is 0 Å². The van der Waals surface area contributed by atoms with Crippen molar-refractivity contribution in [1.82, 2.24) is 10.6 Å². The highest BCUT2D eigenvalue weighted by Crippen LogP contribution is 2.46. The summed E-state index contributed by atoms with van der Waals surface area (Å²) in [4.78, 5) is 16.0. The summed E-state index contributed by atoms with van der Waals surface area (Å²) in [5.74, 6) is 0.751. The van der Waals surface area contributed by atoms with Crippen LogP contribution in [-0.2, 0) is 9.53 Å². The summed E-state index contributed by atoms with van der Waals surface area (Å²) in [7, 11) is 0. The number of nitrogens with zero attached hydrogens (tertiary/aromatic N) is 1. The Morgan fingerprint density at radius 1 is 1.59 bits per heavy atom. The zero-order valence-electron chi connectivity index (χ0n) is 10.1. The van der Waals surface area contributed by atoms with Gasteiger partial charge in [-0.15, -0.1) is 24.0 Å². The summed E-state index contributed by atoms with van der Waals surface area (Å²) in [6, 6.07) is 0. The van der Waals surface area contributed by atoms with Crippen molar-refractivity contribution in [2.24, 2.45) is 10.4 Å². The molecule has 98 valence electrons. The zero-order valence-corrected chi connectivity index (χ0v) is 12.5. The molecule has 2 aliphatic rings. The molecular formula is C11H20IN3O2. The summed E-state index contributed by atoms with van der Waals surface area (Å²) in [5, 5.41) is 6.38. The fraction of sp³-hybridized carbons (Fsp3) is 0.818. The van der Waals surface area contributed by atoms with E-state index in [4.69, 9.17) is 4.74 Å². The van der Waals surface area contributed by atoms with E-state index in [0.717, 1.165) is 38.3 Å². The summed E-state index contributed by atoms with van der Waals surface area (Å²) < 4.78 is 5.07. The highest BCUT2D eigenvalue weighted by molar-refractivity contribution is 14.0. The minimum Gasteiger partial charge on any atom is -0.466 e. The summed E-state index contributed by atoms with van der Waals surface area (Å²) in [6.07, 6.45) is 2.92. The van der Waals surface area contributed by atoms with Crippen molar-refractivity contribution in [2.45, 2.75) is 26.2 Å². The van der Waals surface area contributed by atoms with Crippen molar-refractivity contribution in [2.75, 3.05) is 26.2 Å². The topological polar surface area (TPSA) is 62.7 Å². The Balaban J connectivity index is 0.00000144. The second-order valence-electron chi connectivity index (χ2n) is 4.37. The van der Waals surface area contributed by atoms with Crippen LogP contribution >= 0.6 is 24.0 Å². The Morgan fingerprint density at radius 2 is 2.35 bits per heavy atom. The van der Waals surface area contributed by atoms with Crippen molar-refractivity contribution in [3.05, 3.63) is 0 Å². The average molecular weight is 353 g/mol. The van der Waals surface area contributed by atoms with Gasteiger partial charge in [0.15, 0.2) is 5.96 Å². The van der Waals surface area contributed by atoms with Gasteiger partial charge in [0.2, 0.25) is 0 Å². The number of esters is 1. The molecule has 0 bridgehead atoms. The van der Waals surface area contributed by atoms with E-state index in [1.165, 1.54) is 0 Å². The SMILES string of the molecule is CCOC(=O)C1(CNC2=NCCCN2)CC1.I. The maximum atomic E-state index is 11.7. The Morgan fingerprint density at radius 3 is 2.88 bits per heavy atom. The summed E-state index contributed by atoms with van der Waals surface area (Å²) in [5.41, 5.74) is -0.280. The number of aliphatic imine (C=N–C) groups is 1. The lowest BCUT2D eigenvalue weighted by molar-refractivity contribution is -0.149. The van der Waals surface area contributed by atoms with Crippen LogP contribution in [0.5, 0.6) is 0 Å². The molecule has 0 amide bonds. The quantitative estimate of drug-likeness (QED) is 0.582. The highest BCUT2D eigenvalue weighted by Gasteiger charge is 2.51. The number of halogens is 1. The second-order valence-corrected chi connectivity index (χ2v) is 4.37. The van der Waals surface area contributed by atoms with E-state index in [9.17, 15) is 4.79 Å². The first-order chi connectivity index (χ1) is 7.77. The molecular weight excluding hydrogens is 333 g/mol. The number of hydrogen-bond donors (Lipinski definition) is 2. The molecule has 2 rings (SSSR count). The van der Waals surface area contributed by atoms with Crippen molar-refractivity contribution in [1.29, 1.82) is 0 Å². The fourth-order valence-corrected chi connectivity index (χ4v) is 1.79. The smallest absolute Gasteiger partial charge is 0.313 e. The lowest BCUT2D eigenvalue weighted by Gasteiger charge is -2.19. The molecule has 0 unspecified atom stereocenters. The summed E-state index contributed by atoms with van der Waals surface area (Å²) >= 11 is 0. The van der Waals surface area contributed by atoms with Crippen LogP contribution < -0.4 is 10.6 Å². The second kappa shape index (κ2) is 6.42. The molecule has 0 radical (unpaired) electrons. The molecule has 1 aliphatic heterocycles. The molecule has 0 atom stereocenters.